The molecule has 0 saturated heterocycles. The van der Waals surface area contributed by atoms with Gasteiger partial charge in [0.1, 0.15) is 12.6 Å². The minimum atomic E-state index is -0.306. The molecule has 0 spiro atoms. The number of amides is 2. The van der Waals surface area contributed by atoms with Gasteiger partial charge in [0.15, 0.2) is 0 Å². The van der Waals surface area contributed by atoms with Crippen LogP contribution in [0.1, 0.15) is 62.7 Å². The first kappa shape index (κ1) is 23.7. The highest BCUT2D eigenvalue weighted by atomic mass is 35.5. The Bertz CT molecular complexity index is 1200. The summed E-state index contributed by atoms with van der Waals surface area (Å²) in [6.45, 7) is 2.83. The number of nitrogens with zero attached hydrogens (tertiary/aromatic N) is 3. The van der Waals surface area contributed by atoms with E-state index in [0.717, 1.165) is 61.2 Å². The third kappa shape index (κ3) is 4.62. The number of hydrogen-bond donors (Lipinski definition) is 0. The Balaban J connectivity index is 1.53. The number of benzene rings is 2. The van der Waals surface area contributed by atoms with Gasteiger partial charge in [0.05, 0.1) is 17.1 Å². The molecule has 1 fully saturated rings. The van der Waals surface area contributed by atoms with Crippen LogP contribution in [0.5, 0.6) is 0 Å². The molecule has 35 heavy (non-hydrogen) atoms. The van der Waals surface area contributed by atoms with E-state index in [1.54, 1.807) is 0 Å². The molecule has 2 aromatic carbocycles. The summed E-state index contributed by atoms with van der Waals surface area (Å²) in [4.78, 5) is 31.2. The van der Waals surface area contributed by atoms with Crippen molar-refractivity contribution in [1.82, 2.24) is 9.47 Å². The van der Waals surface area contributed by atoms with E-state index in [1.165, 1.54) is 0 Å². The van der Waals surface area contributed by atoms with Crippen LogP contribution in [-0.4, -0.2) is 34.4 Å². The molecule has 1 unspecified atom stereocenters. The Morgan fingerprint density at radius 2 is 1.69 bits per heavy atom. The lowest BCUT2D eigenvalue weighted by Gasteiger charge is -2.39. The molecule has 5 nitrogen and oxygen atoms in total. The summed E-state index contributed by atoms with van der Waals surface area (Å²) in [7, 11) is 0. The van der Waals surface area contributed by atoms with Gasteiger partial charge in [0, 0.05) is 23.7 Å². The zero-order chi connectivity index (χ0) is 24.4. The van der Waals surface area contributed by atoms with Crippen molar-refractivity contribution in [1.29, 1.82) is 0 Å². The predicted octanol–water partition coefficient (Wildman–Crippen LogP) is 6.39. The van der Waals surface area contributed by atoms with Crippen LogP contribution in [0.15, 0.2) is 66.9 Å². The average molecular weight is 490 g/mol. The molecule has 6 heteroatoms. The van der Waals surface area contributed by atoms with Crippen LogP contribution >= 0.6 is 11.6 Å². The minimum Gasteiger partial charge on any atom is -0.333 e. The molecule has 1 saturated carbocycles. The monoisotopic (exact) mass is 489 g/mol. The summed E-state index contributed by atoms with van der Waals surface area (Å²) in [5, 5.41) is 0.658. The molecule has 1 aliphatic heterocycles. The van der Waals surface area contributed by atoms with Crippen LogP contribution in [0.4, 0.5) is 5.69 Å². The Kier molecular flexibility index (Phi) is 6.96. The van der Waals surface area contributed by atoms with Gasteiger partial charge in [-0.2, -0.15) is 0 Å². The molecule has 0 radical (unpaired) electrons. The molecule has 0 bridgehead atoms. The molecule has 5 rings (SSSR count). The topological polar surface area (TPSA) is 45.6 Å². The number of unbranched alkanes of at least 4 members (excludes halogenated alkanes) is 1. The Labute approximate surface area is 212 Å². The van der Waals surface area contributed by atoms with Crippen LogP contribution in [-0.2, 0) is 9.59 Å². The zero-order valence-electron chi connectivity index (χ0n) is 20.2. The van der Waals surface area contributed by atoms with E-state index in [1.807, 2.05) is 70.6 Å². The number of para-hydroxylation sites is 2. The molecule has 1 aliphatic carbocycles. The first-order valence-corrected chi connectivity index (χ1v) is 13.1. The highest BCUT2D eigenvalue weighted by Crippen LogP contribution is 2.42. The van der Waals surface area contributed by atoms with Gasteiger partial charge in [-0.25, -0.2) is 0 Å². The quantitative estimate of drug-likeness (QED) is 0.386. The highest BCUT2D eigenvalue weighted by molar-refractivity contribution is 6.30. The van der Waals surface area contributed by atoms with Gasteiger partial charge in [0.2, 0.25) is 11.8 Å². The third-order valence-corrected chi connectivity index (χ3v) is 7.55. The number of halogens is 1. The maximum absolute atomic E-state index is 14.1. The molecule has 182 valence electrons. The second-order valence-electron chi connectivity index (χ2n) is 9.60. The van der Waals surface area contributed by atoms with Gasteiger partial charge < -0.3 is 9.47 Å². The average Bonchev–Trinajstić information content (AvgIpc) is 3.58. The Morgan fingerprint density at radius 3 is 2.40 bits per heavy atom. The van der Waals surface area contributed by atoms with Crippen LogP contribution in [0, 0.1) is 5.92 Å². The van der Waals surface area contributed by atoms with E-state index in [2.05, 4.69) is 17.6 Å². The molecule has 2 amide bonds. The van der Waals surface area contributed by atoms with E-state index in [0.29, 0.717) is 11.6 Å². The Morgan fingerprint density at radius 1 is 0.971 bits per heavy atom. The lowest BCUT2D eigenvalue weighted by molar-refractivity contribution is -0.138. The summed E-state index contributed by atoms with van der Waals surface area (Å²) in [5.74, 6) is 0.130. The van der Waals surface area contributed by atoms with E-state index in [-0.39, 0.29) is 30.3 Å². The van der Waals surface area contributed by atoms with Gasteiger partial charge >= 0.3 is 0 Å². The van der Waals surface area contributed by atoms with E-state index >= 15 is 0 Å². The number of aromatic nitrogens is 1. The third-order valence-electron chi connectivity index (χ3n) is 7.30. The maximum Gasteiger partial charge on any atom is 0.247 e. The highest BCUT2D eigenvalue weighted by Gasteiger charge is 2.37. The van der Waals surface area contributed by atoms with Crippen molar-refractivity contribution in [2.75, 3.05) is 18.0 Å². The van der Waals surface area contributed by atoms with Gasteiger partial charge in [-0.1, -0.05) is 62.1 Å². The molecular weight excluding hydrogens is 458 g/mol. The van der Waals surface area contributed by atoms with Crippen molar-refractivity contribution in [3.63, 3.8) is 0 Å². The number of fused-ring (bicyclic) bond motifs is 3. The fourth-order valence-corrected chi connectivity index (χ4v) is 5.64. The summed E-state index contributed by atoms with van der Waals surface area (Å²) in [5.41, 5.74) is 3.82. The lowest BCUT2D eigenvalue weighted by atomic mass is 9.97. The molecule has 2 aliphatic rings. The Hall–Kier alpha value is -3.05. The van der Waals surface area contributed by atoms with Crippen LogP contribution < -0.4 is 4.90 Å². The number of hydrogen-bond acceptors (Lipinski definition) is 2. The van der Waals surface area contributed by atoms with Crippen LogP contribution in [0.3, 0.4) is 0 Å². The van der Waals surface area contributed by atoms with Crippen molar-refractivity contribution >= 4 is 29.1 Å². The SMILES string of the molecule is CCCCN(CC(=O)N1c2ccccc2-n2cccc2C1c1ccc(Cl)cc1)C(=O)C1CCCC1. The zero-order valence-corrected chi connectivity index (χ0v) is 21.0. The summed E-state index contributed by atoms with van der Waals surface area (Å²) < 4.78 is 2.15. The van der Waals surface area contributed by atoms with Gasteiger partial charge in [-0.3, -0.25) is 14.5 Å². The maximum atomic E-state index is 14.1. The normalized spacial score (nSPS) is 17.2. The van der Waals surface area contributed by atoms with Crippen molar-refractivity contribution in [3.05, 3.63) is 83.1 Å². The summed E-state index contributed by atoms with van der Waals surface area (Å²) in [6, 6.07) is 19.5. The van der Waals surface area contributed by atoms with Gasteiger partial charge in [-0.05, 0) is 61.2 Å². The smallest absolute Gasteiger partial charge is 0.247 e. The second kappa shape index (κ2) is 10.3. The molecule has 0 N–H and O–H groups in total. The number of carbonyl (C=O) groups is 2. The van der Waals surface area contributed by atoms with Crippen molar-refractivity contribution in [2.45, 2.75) is 51.5 Å². The van der Waals surface area contributed by atoms with E-state index in [9.17, 15) is 9.59 Å². The molecule has 1 atom stereocenters. The first-order valence-electron chi connectivity index (χ1n) is 12.7. The molecule has 3 aromatic rings. The summed E-state index contributed by atoms with van der Waals surface area (Å²) >= 11 is 6.19. The van der Waals surface area contributed by atoms with Crippen LogP contribution in [0.2, 0.25) is 5.02 Å². The standard InChI is InChI=1S/C29H32ClN3O2/c1-2-3-18-31(29(35)22-9-4-5-10-22)20-27(34)33-25-12-7-6-11-24(25)32-19-8-13-26(32)28(33)21-14-16-23(30)17-15-21/h6-8,11-17,19,22,28H,2-5,9-10,18,20H2,1H3. The minimum absolute atomic E-state index is 0.0533. The molecule has 2 heterocycles. The first-order chi connectivity index (χ1) is 17.1. The predicted molar refractivity (Wildman–Crippen MR) is 140 cm³/mol. The van der Waals surface area contributed by atoms with Crippen LogP contribution in [0.25, 0.3) is 5.69 Å². The van der Waals surface area contributed by atoms with Crippen molar-refractivity contribution in [3.8, 4) is 5.69 Å². The second-order valence-corrected chi connectivity index (χ2v) is 10.0. The summed E-state index contributed by atoms with van der Waals surface area (Å²) in [6.07, 6.45) is 7.98. The van der Waals surface area contributed by atoms with Gasteiger partial charge in [-0.15, -0.1) is 0 Å². The van der Waals surface area contributed by atoms with E-state index < -0.39 is 0 Å². The molecule has 1 aromatic heterocycles. The largest absolute Gasteiger partial charge is 0.333 e. The fourth-order valence-electron chi connectivity index (χ4n) is 5.51. The van der Waals surface area contributed by atoms with Crippen molar-refractivity contribution < 1.29 is 9.59 Å². The molecular formula is C29H32ClN3O2. The van der Waals surface area contributed by atoms with Crippen molar-refractivity contribution in [2.24, 2.45) is 5.92 Å². The lowest BCUT2D eigenvalue weighted by Crippen LogP contribution is -2.48. The van der Waals surface area contributed by atoms with Gasteiger partial charge in [0.25, 0.3) is 0 Å². The number of carbonyl (C=O) groups excluding carboxylic acids is 2. The number of rotatable bonds is 7. The fraction of sp³-hybridized carbons (Fsp3) is 0.379. The van der Waals surface area contributed by atoms with E-state index in [4.69, 9.17) is 11.6 Å². The number of anilines is 1.